The van der Waals surface area contributed by atoms with Crippen LogP contribution < -0.4 is 10.6 Å². The Morgan fingerprint density at radius 1 is 1.25 bits per heavy atom. The van der Waals surface area contributed by atoms with Crippen LogP contribution >= 0.6 is 11.3 Å². The molecule has 1 amide bonds. The molecule has 1 aromatic heterocycles. The second-order valence-electron chi connectivity index (χ2n) is 5.35. The lowest BCUT2D eigenvalue weighted by atomic mass is 10.2. The van der Waals surface area contributed by atoms with Crippen molar-refractivity contribution in [3.63, 3.8) is 0 Å². The molecule has 128 valence electrons. The molecule has 2 N–H and O–H groups in total. The molecule has 2 aromatic rings. The van der Waals surface area contributed by atoms with Crippen molar-refractivity contribution >= 4 is 23.2 Å². The Morgan fingerprint density at radius 2 is 2.00 bits per heavy atom. The minimum atomic E-state index is 0.000579. The number of hydrogen-bond donors (Lipinski definition) is 2. The third-order valence-corrected chi connectivity index (χ3v) is 4.16. The maximum atomic E-state index is 11.7. The van der Waals surface area contributed by atoms with E-state index in [0.29, 0.717) is 12.5 Å². The number of thiazole rings is 1. The summed E-state index contributed by atoms with van der Waals surface area (Å²) < 4.78 is 0. The number of rotatable bonds is 6. The first-order chi connectivity index (χ1) is 11.6. The van der Waals surface area contributed by atoms with E-state index in [4.69, 9.17) is 0 Å². The molecule has 0 atom stereocenters. The Bertz CT molecular complexity index is 681. The topological polar surface area (TPSA) is 69.6 Å². The molecule has 0 bridgehead atoms. The maximum absolute atomic E-state index is 11.7. The minimum absolute atomic E-state index is 0.000579. The summed E-state index contributed by atoms with van der Waals surface area (Å²) in [5, 5.41) is 9.17. The molecule has 0 aliphatic heterocycles. The molecule has 0 aliphatic rings. The van der Waals surface area contributed by atoms with Gasteiger partial charge in [0.05, 0.1) is 18.8 Å². The predicted octanol–water partition coefficient (Wildman–Crippen LogP) is 1.95. The normalized spacial score (nSPS) is 11.2. The standard InChI is InChI=1S/C17H23N5OS/c1-4-18-17(20-11-15(23)22(2)3)19-10-14-12-24-16(21-14)13-8-6-5-7-9-13/h5-9,12H,4,10-11H2,1-3H3,(H2,18,19,20). The van der Waals surface area contributed by atoms with Crippen LogP contribution in [-0.4, -0.2) is 48.9 Å². The molecule has 24 heavy (non-hydrogen) atoms. The highest BCUT2D eigenvalue weighted by atomic mass is 32.1. The van der Waals surface area contributed by atoms with Gasteiger partial charge in [0.1, 0.15) is 5.01 Å². The van der Waals surface area contributed by atoms with Gasteiger partial charge in [0.2, 0.25) is 5.91 Å². The number of aromatic nitrogens is 1. The smallest absolute Gasteiger partial charge is 0.241 e. The summed E-state index contributed by atoms with van der Waals surface area (Å²) in [6.07, 6.45) is 0. The van der Waals surface area contributed by atoms with E-state index in [9.17, 15) is 4.79 Å². The number of carbonyl (C=O) groups is 1. The number of likely N-dealkylation sites (N-methyl/N-ethyl adjacent to an activating group) is 1. The summed E-state index contributed by atoms with van der Waals surface area (Å²) in [4.78, 5) is 22.3. The third kappa shape index (κ3) is 5.34. The monoisotopic (exact) mass is 345 g/mol. The van der Waals surface area contributed by atoms with Gasteiger partial charge in [-0.3, -0.25) is 4.79 Å². The quantitative estimate of drug-likeness (QED) is 0.620. The van der Waals surface area contributed by atoms with Crippen LogP contribution in [0.4, 0.5) is 0 Å². The summed E-state index contributed by atoms with van der Waals surface area (Å²) in [5.41, 5.74) is 2.02. The molecule has 1 aromatic carbocycles. The van der Waals surface area contributed by atoms with Crippen LogP contribution in [0, 0.1) is 0 Å². The molecule has 0 saturated carbocycles. The summed E-state index contributed by atoms with van der Waals surface area (Å²) in [6.45, 7) is 3.40. The van der Waals surface area contributed by atoms with Crippen LogP contribution in [0.5, 0.6) is 0 Å². The van der Waals surface area contributed by atoms with E-state index >= 15 is 0 Å². The summed E-state index contributed by atoms with van der Waals surface area (Å²) in [7, 11) is 3.46. The molecule has 0 fully saturated rings. The molecular weight excluding hydrogens is 322 g/mol. The van der Waals surface area contributed by atoms with Gasteiger partial charge in [0, 0.05) is 31.6 Å². The fraction of sp³-hybridized carbons (Fsp3) is 0.353. The molecule has 6 nitrogen and oxygen atoms in total. The van der Waals surface area contributed by atoms with Gasteiger partial charge >= 0.3 is 0 Å². The van der Waals surface area contributed by atoms with Crippen LogP contribution in [0.2, 0.25) is 0 Å². The van der Waals surface area contributed by atoms with Crippen LogP contribution in [0.3, 0.4) is 0 Å². The Balaban J connectivity index is 1.98. The first-order valence-electron chi connectivity index (χ1n) is 7.82. The van der Waals surface area contributed by atoms with Gasteiger partial charge in [-0.05, 0) is 6.92 Å². The van der Waals surface area contributed by atoms with E-state index in [1.807, 2.05) is 42.6 Å². The molecule has 0 radical (unpaired) electrons. The number of aliphatic imine (C=N–C) groups is 1. The largest absolute Gasteiger partial charge is 0.357 e. The van der Waals surface area contributed by atoms with Gasteiger partial charge in [0.25, 0.3) is 0 Å². The zero-order chi connectivity index (χ0) is 17.4. The minimum Gasteiger partial charge on any atom is -0.357 e. The van der Waals surface area contributed by atoms with Gasteiger partial charge in [-0.15, -0.1) is 11.3 Å². The van der Waals surface area contributed by atoms with Crippen molar-refractivity contribution in [2.45, 2.75) is 13.5 Å². The van der Waals surface area contributed by atoms with Crippen molar-refractivity contribution < 1.29 is 4.79 Å². The predicted molar refractivity (Wildman–Crippen MR) is 99.1 cm³/mol. The molecule has 2 rings (SSSR count). The highest BCUT2D eigenvalue weighted by Crippen LogP contribution is 2.23. The fourth-order valence-corrected chi connectivity index (χ4v) is 2.73. The van der Waals surface area contributed by atoms with Gasteiger partial charge in [-0.2, -0.15) is 0 Å². The first-order valence-corrected chi connectivity index (χ1v) is 8.70. The van der Waals surface area contributed by atoms with E-state index in [1.54, 1.807) is 30.3 Å². The molecule has 1 heterocycles. The first kappa shape index (κ1) is 17.9. The highest BCUT2D eigenvalue weighted by molar-refractivity contribution is 7.13. The van der Waals surface area contributed by atoms with E-state index in [1.165, 1.54) is 0 Å². The van der Waals surface area contributed by atoms with Gasteiger partial charge < -0.3 is 15.5 Å². The number of hydrogen-bond acceptors (Lipinski definition) is 4. The number of amides is 1. The number of guanidine groups is 1. The van der Waals surface area contributed by atoms with Gasteiger partial charge in [0.15, 0.2) is 5.96 Å². The summed E-state index contributed by atoms with van der Waals surface area (Å²) >= 11 is 1.61. The molecule has 0 aliphatic carbocycles. The average molecular weight is 345 g/mol. The lowest BCUT2D eigenvalue weighted by Gasteiger charge is -2.13. The number of benzene rings is 1. The fourth-order valence-electron chi connectivity index (χ4n) is 1.91. The molecule has 7 heteroatoms. The Morgan fingerprint density at radius 3 is 2.67 bits per heavy atom. The van der Waals surface area contributed by atoms with Crippen molar-refractivity contribution in [1.29, 1.82) is 0 Å². The second kappa shape index (κ2) is 9.02. The molecular formula is C17H23N5OS. The molecule has 0 unspecified atom stereocenters. The van der Waals surface area contributed by atoms with Gasteiger partial charge in [-0.25, -0.2) is 9.98 Å². The zero-order valence-electron chi connectivity index (χ0n) is 14.2. The Kier molecular flexibility index (Phi) is 6.74. The number of nitrogens with zero attached hydrogens (tertiary/aromatic N) is 3. The average Bonchev–Trinajstić information content (AvgIpc) is 3.06. The highest BCUT2D eigenvalue weighted by Gasteiger charge is 2.07. The van der Waals surface area contributed by atoms with Crippen LogP contribution in [0.1, 0.15) is 12.6 Å². The number of nitrogens with one attached hydrogen (secondary N) is 2. The molecule has 0 saturated heterocycles. The maximum Gasteiger partial charge on any atom is 0.241 e. The SMILES string of the molecule is CCNC(=NCc1csc(-c2ccccc2)n1)NCC(=O)N(C)C. The van der Waals surface area contributed by atoms with Crippen molar-refractivity contribution in [1.82, 2.24) is 20.5 Å². The summed E-state index contributed by atoms with van der Waals surface area (Å²) in [6, 6.07) is 10.1. The van der Waals surface area contributed by atoms with Crippen molar-refractivity contribution in [2.24, 2.45) is 4.99 Å². The second-order valence-corrected chi connectivity index (χ2v) is 6.21. The Labute approximate surface area is 146 Å². The Hall–Kier alpha value is -2.41. The lowest BCUT2D eigenvalue weighted by molar-refractivity contribution is -0.127. The summed E-state index contributed by atoms with van der Waals surface area (Å²) in [5.74, 6) is 0.614. The third-order valence-electron chi connectivity index (χ3n) is 3.22. The zero-order valence-corrected chi connectivity index (χ0v) is 15.1. The van der Waals surface area contributed by atoms with Crippen molar-refractivity contribution in [2.75, 3.05) is 27.2 Å². The van der Waals surface area contributed by atoms with E-state index in [2.05, 4.69) is 20.6 Å². The van der Waals surface area contributed by atoms with E-state index < -0.39 is 0 Å². The van der Waals surface area contributed by atoms with Crippen LogP contribution in [0.15, 0.2) is 40.7 Å². The van der Waals surface area contributed by atoms with Crippen molar-refractivity contribution in [3.8, 4) is 10.6 Å². The number of carbonyl (C=O) groups excluding carboxylic acids is 1. The van der Waals surface area contributed by atoms with E-state index in [-0.39, 0.29) is 12.5 Å². The lowest BCUT2D eigenvalue weighted by Crippen LogP contribution is -2.42. The van der Waals surface area contributed by atoms with E-state index in [0.717, 1.165) is 22.8 Å². The van der Waals surface area contributed by atoms with Crippen molar-refractivity contribution in [3.05, 3.63) is 41.4 Å². The van der Waals surface area contributed by atoms with Gasteiger partial charge in [-0.1, -0.05) is 30.3 Å². The van der Waals surface area contributed by atoms with Crippen LogP contribution in [0.25, 0.3) is 10.6 Å². The molecule has 0 spiro atoms. The van der Waals surface area contributed by atoms with Crippen LogP contribution in [-0.2, 0) is 11.3 Å².